The van der Waals surface area contributed by atoms with Crippen molar-refractivity contribution in [3.05, 3.63) is 16.4 Å². The van der Waals surface area contributed by atoms with Crippen molar-refractivity contribution in [2.75, 3.05) is 26.2 Å². The average Bonchev–Trinajstić information content (AvgIpc) is 2.93. The second-order valence-electron chi connectivity index (χ2n) is 5.72. The molecule has 0 spiro atoms. The smallest absolute Gasteiger partial charge is 0.131 e. The van der Waals surface area contributed by atoms with E-state index in [1.54, 1.807) is 4.68 Å². The molecule has 1 aromatic heterocycles. The van der Waals surface area contributed by atoms with Gasteiger partial charge in [0.05, 0.1) is 5.69 Å². The first-order chi connectivity index (χ1) is 9.08. The van der Waals surface area contributed by atoms with Gasteiger partial charge in [-0.1, -0.05) is 18.5 Å². The lowest BCUT2D eigenvalue weighted by Gasteiger charge is -2.20. The highest BCUT2D eigenvalue weighted by Gasteiger charge is 2.15. The van der Waals surface area contributed by atoms with Gasteiger partial charge in [-0.3, -0.25) is 4.68 Å². The van der Waals surface area contributed by atoms with Crippen LogP contribution in [0.4, 0.5) is 0 Å². The molecule has 0 aromatic carbocycles. The Balaban J connectivity index is 1.73. The van der Waals surface area contributed by atoms with Gasteiger partial charge in [-0.05, 0) is 45.3 Å². The van der Waals surface area contributed by atoms with Crippen LogP contribution in [0.5, 0.6) is 0 Å². The average molecular weight is 285 g/mol. The number of nitrogens with one attached hydrogen (secondary N) is 1. The molecule has 1 N–H and O–H groups in total. The number of aryl methyl sites for hydroxylation is 2. The lowest BCUT2D eigenvalue weighted by atomic mass is 10.1. The van der Waals surface area contributed by atoms with Crippen molar-refractivity contribution < 1.29 is 0 Å². The Morgan fingerprint density at radius 1 is 1.37 bits per heavy atom. The fourth-order valence-corrected chi connectivity index (χ4v) is 3.03. The zero-order valence-electron chi connectivity index (χ0n) is 12.2. The van der Waals surface area contributed by atoms with Gasteiger partial charge in [0.15, 0.2) is 0 Å². The minimum atomic E-state index is 0.675. The molecule has 1 aliphatic heterocycles. The molecular weight excluding hydrogens is 260 g/mol. The standard InChI is InChI=1S/C14H25ClN4/c1-11(10-19-6-4-5-7-19)8-16-9-13-12(2)17-18(3)14(13)15/h11,16H,4-10H2,1-3H3. The van der Waals surface area contributed by atoms with Crippen molar-refractivity contribution in [2.24, 2.45) is 13.0 Å². The third-order valence-corrected chi connectivity index (χ3v) is 4.31. The molecule has 4 nitrogen and oxygen atoms in total. The van der Waals surface area contributed by atoms with Crippen LogP contribution in [-0.2, 0) is 13.6 Å². The molecule has 5 heteroatoms. The highest BCUT2D eigenvalue weighted by Crippen LogP contribution is 2.18. The number of halogens is 1. The van der Waals surface area contributed by atoms with Gasteiger partial charge in [-0.15, -0.1) is 0 Å². The van der Waals surface area contributed by atoms with Crippen LogP contribution in [0, 0.1) is 12.8 Å². The van der Waals surface area contributed by atoms with Crippen molar-refractivity contribution in [3.8, 4) is 0 Å². The van der Waals surface area contributed by atoms with Crippen molar-refractivity contribution in [2.45, 2.75) is 33.2 Å². The first kappa shape index (κ1) is 14.8. The highest BCUT2D eigenvalue weighted by atomic mass is 35.5. The predicted molar refractivity (Wildman–Crippen MR) is 79.5 cm³/mol. The van der Waals surface area contributed by atoms with Crippen LogP contribution in [0.1, 0.15) is 31.0 Å². The van der Waals surface area contributed by atoms with E-state index in [2.05, 4.69) is 22.2 Å². The molecule has 0 aliphatic carbocycles. The second kappa shape index (κ2) is 6.73. The zero-order chi connectivity index (χ0) is 13.8. The van der Waals surface area contributed by atoms with E-state index in [9.17, 15) is 0 Å². The van der Waals surface area contributed by atoms with Gasteiger partial charge < -0.3 is 10.2 Å². The Morgan fingerprint density at radius 2 is 2.05 bits per heavy atom. The number of aromatic nitrogens is 2. The second-order valence-corrected chi connectivity index (χ2v) is 6.08. The molecule has 0 amide bonds. The first-order valence-electron chi connectivity index (χ1n) is 7.19. The summed E-state index contributed by atoms with van der Waals surface area (Å²) in [6.45, 7) is 9.91. The summed E-state index contributed by atoms with van der Waals surface area (Å²) >= 11 is 6.22. The maximum Gasteiger partial charge on any atom is 0.131 e. The minimum Gasteiger partial charge on any atom is -0.312 e. The molecule has 1 atom stereocenters. The van der Waals surface area contributed by atoms with Gasteiger partial charge in [-0.2, -0.15) is 5.10 Å². The number of likely N-dealkylation sites (tertiary alicyclic amines) is 1. The van der Waals surface area contributed by atoms with Crippen molar-refractivity contribution >= 4 is 11.6 Å². The fourth-order valence-electron chi connectivity index (χ4n) is 2.79. The molecule has 19 heavy (non-hydrogen) atoms. The van der Waals surface area contributed by atoms with Crippen LogP contribution in [-0.4, -0.2) is 40.9 Å². The number of hydrogen-bond acceptors (Lipinski definition) is 3. The van der Waals surface area contributed by atoms with Gasteiger partial charge in [0.2, 0.25) is 0 Å². The summed E-state index contributed by atoms with van der Waals surface area (Å²) in [5.74, 6) is 0.675. The summed E-state index contributed by atoms with van der Waals surface area (Å²) in [6, 6.07) is 0. The van der Waals surface area contributed by atoms with Gasteiger partial charge in [-0.25, -0.2) is 0 Å². The molecular formula is C14H25ClN4. The Morgan fingerprint density at radius 3 is 2.63 bits per heavy atom. The molecule has 108 valence electrons. The van der Waals surface area contributed by atoms with Gasteiger partial charge in [0.25, 0.3) is 0 Å². The summed E-state index contributed by atoms with van der Waals surface area (Å²) in [4.78, 5) is 2.56. The van der Waals surface area contributed by atoms with Gasteiger partial charge in [0.1, 0.15) is 5.15 Å². The number of hydrogen-bond donors (Lipinski definition) is 1. The number of rotatable bonds is 6. The van der Waals surface area contributed by atoms with Crippen LogP contribution in [0.3, 0.4) is 0 Å². The monoisotopic (exact) mass is 284 g/mol. The van der Waals surface area contributed by atoms with E-state index >= 15 is 0 Å². The van der Waals surface area contributed by atoms with Crippen LogP contribution in [0.25, 0.3) is 0 Å². The summed E-state index contributed by atoms with van der Waals surface area (Å²) in [5, 5.41) is 8.58. The van der Waals surface area contributed by atoms with Crippen LogP contribution in [0.15, 0.2) is 0 Å². The largest absolute Gasteiger partial charge is 0.312 e. The Kier molecular flexibility index (Phi) is 5.25. The van der Waals surface area contributed by atoms with E-state index in [-0.39, 0.29) is 0 Å². The van der Waals surface area contributed by atoms with E-state index in [0.717, 1.165) is 29.5 Å². The van der Waals surface area contributed by atoms with Crippen LogP contribution in [0.2, 0.25) is 5.15 Å². The van der Waals surface area contributed by atoms with Crippen molar-refractivity contribution in [1.82, 2.24) is 20.0 Å². The molecule has 1 unspecified atom stereocenters. The Hall–Kier alpha value is -0.580. The molecule has 0 radical (unpaired) electrons. The molecule has 2 rings (SSSR count). The third kappa shape index (κ3) is 3.94. The molecule has 1 aliphatic rings. The van der Waals surface area contributed by atoms with E-state index in [1.807, 2.05) is 14.0 Å². The lowest BCUT2D eigenvalue weighted by Crippen LogP contribution is -2.31. The Labute approximate surface area is 121 Å². The lowest BCUT2D eigenvalue weighted by molar-refractivity contribution is 0.282. The summed E-state index contributed by atoms with van der Waals surface area (Å²) < 4.78 is 1.74. The fraction of sp³-hybridized carbons (Fsp3) is 0.786. The first-order valence-corrected chi connectivity index (χ1v) is 7.56. The van der Waals surface area contributed by atoms with Crippen LogP contribution >= 0.6 is 11.6 Å². The zero-order valence-corrected chi connectivity index (χ0v) is 13.0. The van der Waals surface area contributed by atoms with E-state index < -0.39 is 0 Å². The van der Waals surface area contributed by atoms with E-state index in [1.165, 1.54) is 32.5 Å². The van der Waals surface area contributed by atoms with Crippen LogP contribution < -0.4 is 5.32 Å². The molecule has 2 heterocycles. The maximum absolute atomic E-state index is 6.22. The molecule has 1 saturated heterocycles. The summed E-state index contributed by atoms with van der Waals surface area (Å²) in [5.41, 5.74) is 2.14. The molecule has 0 bridgehead atoms. The summed E-state index contributed by atoms with van der Waals surface area (Å²) in [6.07, 6.45) is 2.73. The number of nitrogens with zero attached hydrogens (tertiary/aromatic N) is 3. The minimum absolute atomic E-state index is 0.675. The molecule has 1 aromatic rings. The van der Waals surface area contributed by atoms with E-state index in [0.29, 0.717) is 5.92 Å². The van der Waals surface area contributed by atoms with Crippen molar-refractivity contribution in [3.63, 3.8) is 0 Å². The normalized spacial score (nSPS) is 18.1. The Bertz CT molecular complexity index is 410. The van der Waals surface area contributed by atoms with E-state index in [4.69, 9.17) is 11.6 Å². The quantitative estimate of drug-likeness (QED) is 0.869. The SMILES string of the molecule is Cc1nn(C)c(Cl)c1CNCC(C)CN1CCCC1. The van der Waals surface area contributed by atoms with Gasteiger partial charge in [0, 0.05) is 25.7 Å². The van der Waals surface area contributed by atoms with Crippen molar-refractivity contribution in [1.29, 1.82) is 0 Å². The van der Waals surface area contributed by atoms with Gasteiger partial charge >= 0.3 is 0 Å². The highest BCUT2D eigenvalue weighted by molar-refractivity contribution is 6.30. The topological polar surface area (TPSA) is 33.1 Å². The predicted octanol–water partition coefficient (Wildman–Crippen LogP) is 2.20. The summed E-state index contributed by atoms with van der Waals surface area (Å²) in [7, 11) is 1.88. The maximum atomic E-state index is 6.22. The third-order valence-electron chi connectivity index (χ3n) is 3.83. The molecule has 1 fully saturated rings. The molecule has 0 saturated carbocycles.